The Morgan fingerprint density at radius 2 is 1.56 bits per heavy atom. The Kier molecular flexibility index (Phi) is 3.94. The van der Waals surface area contributed by atoms with E-state index in [4.69, 9.17) is 0 Å². The number of nitrogens with one attached hydrogen (secondary N) is 1. The van der Waals surface area contributed by atoms with Gasteiger partial charge in [0.1, 0.15) is 0 Å². The molecule has 16 heavy (non-hydrogen) atoms. The Morgan fingerprint density at radius 3 is 2.00 bits per heavy atom. The SMILES string of the molecule is CC(C)(C)C1CCC(NCC2CCC2)CC1. The molecule has 0 radical (unpaired) electrons. The van der Waals surface area contributed by atoms with Gasteiger partial charge in [-0.1, -0.05) is 27.2 Å². The summed E-state index contributed by atoms with van der Waals surface area (Å²) in [6.07, 6.45) is 10.1. The molecule has 2 aliphatic rings. The van der Waals surface area contributed by atoms with Gasteiger partial charge in [0.2, 0.25) is 0 Å². The first-order chi connectivity index (χ1) is 7.55. The summed E-state index contributed by atoms with van der Waals surface area (Å²) < 4.78 is 0. The molecular formula is C15H29N. The lowest BCUT2D eigenvalue weighted by molar-refractivity contribution is 0.155. The monoisotopic (exact) mass is 223 g/mol. The van der Waals surface area contributed by atoms with Gasteiger partial charge in [0.05, 0.1) is 0 Å². The molecule has 0 bridgehead atoms. The maximum atomic E-state index is 3.80. The minimum Gasteiger partial charge on any atom is -0.314 e. The summed E-state index contributed by atoms with van der Waals surface area (Å²) in [5.41, 5.74) is 0.527. The van der Waals surface area contributed by atoms with Crippen LogP contribution in [0.2, 0.25) is 0 Å². The molecule has 2 aliphatic carbocycles. The fourth-order valence-electron chi connectivity index (χ4n) is 3.19. The lowest BCUT2D eigenvalue weighted by atomic mass is 9.71. The molecule has 0 aromatic rings. The van der Waals surface area contributed by atoms with Crippen molar-refractivity contribution in [1.29, 1.82) is 0 Å². The van der Waals surface area contributed by atoms with Crippen molar-refractivity contribution in [1.82, 2.24) is 5.32 Å². The van der Waals surface area contributed by atoms with Gasteiger partial charge in [-0.25, -0.2) is 0 Å². The fourth-order valence-corrected chi connectivity index (χ4v) is 3.19. The zero-order valence-corrected chi connectivity index (χ0v) is 11.4. The van der Waals surface area contributed by atoms with E-state index >= 15 is 0 Å². The van der Waals surface area contributed by atoms with E-state index < -0.39 is 0 Å². The second-order valence-corrected chi connectivity index (χ2v) is 7.12. The lowest BCUT2D eigenvalue weighted by Crippen LogP contribution is -2.39. The lowest BCUT2D eigenvalue weighted by Gasteiger charge is -2.38. The molecule has 0 aliphatic heterocycles. The minimum atomic E-state index is 0.527. The highest BCUT2D eigenvalue weighted by molar-refractivity contribution is 4.84. The largest absolute Gasteiger partial charge is 0.314 e. The van der Waals surface area contributed by atoms with E-state index in [-0.39, 0.29) is 0 Å². The van der Waals surface area contributed by atoms with E-state index in [1.54, 1.807) is 0 Å². The van der Waals surface area contributed by atoms with Crippen LogP contribution in [0.1, 0.15) is 65.7 Å². The molecule has 0 atom stereocenters. The van der Waals surface area contributed by atoms with Gasteiger partial charge in [0.15, 0.2) is 0 Å². The molecule has 0 saturated heterocycles. The van der Waals surface area contributed by atoms with Crippen molar-refractivity contribution in [3.8, 4) is 0 Å². The van der Waals surface area contributed by atoms with Gasteiger partial charge < -0.3 is 5.32 Å². The molecule has 0 amide bonds. The third kappa shape index (κ3) is 3.23. The summed E-state index contributed by atoms with van der Waals surface area (Å²) in [5, 5.41) is 3.80. The minimum absolute atomic E-state index is 0.527. The normalized spacial score (nSPS) is 32.4. The van der Waals surface area contributed by atoms with Crippen LogP contribution < -0.4 is 5.32 Å². The molecule has 2 fully saturated rings. The Bertz CT molecular complexity index is 204. The van der Waals surface area contributed by atoms with Crippen molar-refractivity contribution in [3.05, 3.63) is 0 Å². The Labute approximate surface area is 101 Å². The van der Waals surface area contributed by atoms with Gasteiger partial charge in [-0.15, -0.1) is 0 Å². The molecule has 0 spiro atoms. The third-order valence-electron chi connectivity index (χ3n) is 4.87. The molecule has 1 nitrogen and oxygen atoms in total. The van der Waals surface area contributed by atoms with E-state index in [2.05, 4.69) is 26.1 Å². The van der Waals surface area contributed by atoms with Crippen molar-refractivity contribution in [2.24, 2.45) is 17.3 Å². The van der Waals surface area contributed by atoms with Crippen LogP contribution in [0, 0.1) is 17.3 Å². The Balaban J connectivity index is 1.64. The molecule has 0 unspecified atom stereocenters. The first-order valence-corrected chi connectivity index (χ1v) is 7.29. The molecule has 0 aromatic carbocycles. The fraction of sp³-hybridized carbons (Fsp3) is 1.00. The van der Waals surface area contributed by atoms with Crippen molar-refractivity contribution in [3.63, 3.8) is 0 Å². The average molecular weight is 223 g/mol. The molecule has 0 aromatic heterocycles. The van der Waals surface area contributed by atoms with E-state index in [0.29, 0.717) is 5.41 Å². The predicted molar refractivity (Wildman–Crippen MR) is 70.5 cm³/mol. The second-order valence-electron chi connectivity index (χ2n) is 7.12. The smallest absolute Gasteiger partial charge is 0.00673 e. The van der Waals surface area contributed by atoms with Crippen LogP contribution >= 0.6 is 0 Å². The van der Waals surface area contributed by atoms with Gasteiger partial charge in [0, 0.05) is 6.04 Å². The van der Waals surface area contributed by atoms with Crippen LogP contribution in [0.5, 0.6) is 0 Å². The van der Waals surface area contributed by atoms with E-state index in [9.17, 15) is 0 Å². The van der Waals surface area contributed by atoms with Crippen molar-refractivity contribution >= 4 is 0 Å². The van der Waals surface area contributed by atoms with Gasteiger partial charge in [-0.2, -0.15) is 0 Å². The number of hydrogen-bond acceptors (Lipinski definition) is 1. The van der Waals surface area contributed by atoms with Gasteiger partial charge in [-0.05, 0) is 62.3 Å². The van der Waals surface area contributed by atoms with E-state index in [0.717, 1.165) is 17.9 Å². The summed E-state index contributed by atoms with van der Waals surface area (Å²) in [6, 6.07) is 0.833. The highest BCUT2D eigenvalue weighted by Gasteiger charge is 2.29. The van der Waals surface area contributed by atoms with E-state index in [1.807, 2.05) is 0 Å². The topological polar surface area (TPSA) is 12.0 Å². The Hall–Kier alpha value is -0.0400. The highest BCUT2D eigenvalue weighted by atomic mass is 14.9. The summed E-state index contributed by atoms with van der Waals surface area (Å²) in [4.78, 5) is 0. The first kappa shape index (κ1) is 12.4. The molecule has 1 heteroatoms. The maximum absolute atomic E-state index is 3.80. The van der Waals surface area contributed by atoms with Crippen LogP contribution in [-0.4, -0.2) is 12.6 Å². The van der Waals surface area contributed by atoms with Crippen molar-refractivity contribution < 1.29 is 0 Å². The van der Waals surface area contributed by atoms with Crippen molar-refractivity contribution in [2.75, 3.05) is 6.54 Å². The van der Waals surface area contributed by atoms with Gasteiger partial charge in [0.25, 0.3) is 0 Å². The van der Waals surface area contributed by atoms with Gasteiger partial charge in [-0.3, -0.25) is 0 Å². The maximum Gasteiger partial charge on any atom is 0.00673 e. The predicted octanol–water partition coefficient (Wildman–Crippen LogP) is 3.98. The summed E-state index contributed by atoms with van der Waals surface area (Å²) in [5.74, 6) is 1.97. The zero-order chi connectivity index (χ0) is 11.6. The standard InChI is InChI=1S/C15H29N/c1-15(2,3)13-7-9-14(10-8-13)16-11-12-5-4-6-12/h12-14,16H,4-11H2,1-3H3. The first-order valence-electron chi connectivity index (χ1n) is 7.29. The molecule has 1 N–H and O–H groups in total. The molecule has 2 rings (SSSR count). The molecule has 0 heterocycles. The van der Waals surface area contributed by atoms with Crippen molar-refractivity contribution in [2.45, 2.75) is 71.8 Å². The summed E-state index contributed by atoms with van der Waals surface area (Å²) in [7, 11) is 0. The zero-order valence-electron chi connectivity index (χ0n) is 11.4. The summed E-state index contributed by atoms with van der Waals surface area (Å²) >= 11 is 0. The molecule has 2 saturated carbocycles. The quantitative estimate of drug-likeness (QED) is 0.763. The van der Waals surface area contributed by atoms with Crippen LogP contribution in [0.4, 0.5) is 0 Å². The molecule has 94 valence electrons. The number of hydrogen-bond donors (Lipinski definition) is 1. The van der Waals surface area contributed by atoms with Crippen LogP contribution in [0.15, 0.2) is 0 Å². The van der Waals surface area contributed by atoms with Crippen LogP contribution in [0.25, 0.3) is 0 Å². The Morgan fingerprint density at radius 1 is 0.938 bits per heavy atom. The van der Waals surface area contributed by atoms with E-state index in [1.165, 1.54) is 51.5 Å². The summed E-state index contributed by atoms with van der Waals surface area (Å²) in [6.45, 7) is 8.50. The molecular weight excluding hydrogens is 194 g/mol. The van der Waals surface area contributed by atoms with Gasteiger partial charge >= 0.3 is 0 Å². The van der Waals surface area contributed by atoms with Crippen LogP contribution in [-0.2, 0) is 0 Å². The second kappa shape index (κ2) is 5.08. The highest BCUT2D eigenvalue weighted by Crippen LogP contribution is 2.37. The van der Waals surface area contributed by atoms with Crippen LogP contribution in [0.3, 0.4) is 0 Å². The third-order valence-corrected chi connectivity index (χ3v) is 4.87. The average Bonchev–Trinajstić information content (AvgIpc) is 2.15. The number of rotatable bonds is 3.